The lowest BCUT2D eigenvalue weighted by molar-refractivity contribution is 0.414. The average Bonchev–Trinajstić information content (AvgIpc) is 2.41. The third-order valence-corrected chi connectivity index (χ3v) is 4.24. The van der Waals surface area contributed by atoms with Gasteiger partial charge >= 0.3 is 0 Å². The fourth-order valence-corrected chi connectivity index (χ4v) is 2.94. The largest absolute Gasteiger partial charge is 0.497 e. The van der Waals surface area contributed by atoms with E-state index in [0.717, 1.165) is 24.6 Å². The molecule has 2 N–H and O–H groups in total. The molecule has 0 saturated carbocycles. The topological polar surface area (TPSA) is 50.9 Å². The third kappa shape index (κ3) is 4.51. The summed E-state index contributed by atoms with van der Waals surface area (Å²) in [6.45, 7) is 1.78. The van der Waals surface area contributed by atoms with Gasteiger partial charge in [-0.1, -0.05) is 12.1 Å². The molecule has 1 aromatic carbocycles. The summed E-state index contributed by atoms with van der Waals surface area (Å²) < 4.78 is 5.14. The van der Waals surface area contributed by atoms with Crippen LogP contribution in [-0.4, -0.2) is 43.4 Å². The van der Waals surface area contributed by atoms with Crippen molar-refractivity contribution in [2.45, 2.75) is 11.0 Å². The Hall–Kier alpha value is -1.07. The Morgan fingerprint density at radius 2 is 2.11 bits per heavy atom. The number of guanidine groups is 1. The van der Waals surface area contributed by atoms with Gasteiger partial charge in [-0.25, -0.2) is 0 Å². The molecule has 0 aromatic heterocycles. The van der Waals surface area contributed by atoms with Crippen LogP contribution in [0, 0.1) is 0 Å². The SMILES string of the molecule is COc1ccc(CSC2CN=C(N)N(C)C2)cc1.Cl. The zero-order valence-corrected chi connectivity index (χ0v) is 12.8. The van der Waals surface area contributed by atoms with Crippen LogP contribution in [0.4, 0.5) is 0 Å². The minimum Gasteiger partial charge on any atom is -0.497 e. The molecule has 0 spiro atoms. The maximum atomic E-state index is 5.73. The minimum atomic E-state index is 0. The van der Waals surface area contributed by atoms with E-state index in [1.807, 2.05) is 35.8 Å². The smallest absolute Gasteiger partial charge is 0.191 e. The maximum absolute atomic E-state index is 5.73. The summed E-state index contributed by atoms with van der Waals surface area (Å²) in [5, 5.41) is 0.518. The van der Waals surface area contributed by atoms with E-state index in [1.165, 1.54) is 5.56 Å². The molecule has 0 saturated heterocycles. The molecule has 0 aliphatic carbocycles. The van der Waals surface area contributed by atoms with Crippen LogP contribution >= 0.6 is 24.2 Å². The Balaban J connectivity index is 0.00000180. The van der Waals surface area contributed by atoms with E-state index in [9.17, 15) is 0 Å². The summed E-state index contributed by atoms with van der Waals surface area (Å²) in [7, 11) is 3.67. The van der Waals surface area contributed by atoms with Crippen LogP contribution in [0.15, 0.2) is 29.3 Å². The van der Waals surface area contributed by atoms with Crippen molar-refractivity contribution in [3.05, 3.63) is 29.8 Å². The summed E-state index contributed by atoms with van der Waals surface area (Å²) in [5.41, 5.74) is 7.04. The van der Waals surface area contributed by atoms with Crippen LogP contribution in [0.25, 0.3) is 0 Å². The molecule has 19 heavy (non-hydrogen) atoms. The highest BCUT2D eigenvalue weighted by molar-refractivity contribution is 7.99. The van der Waals surface area contributed by atoms with E-state index < -0.39 is 0 Å². The fourth-order valence-electron chi connectivity index (χ4n) is 1.81. The summed E-state index contributed by atoms with van der Waals surface area (Å²) in [6.07, 6.45) is 0. The second-order valence-electron chi connectivity index (χ2n) is 4.36. The Morgan fingerprint density at radius 1 is 1.42 bits per heavy atom. The lowest BCUT2D eigenvalue weighted by Gasteiger charge is -2.28. The molecule has 4 nitrogen and oxygen atoms in total. The molecule has 6 heteroatoms. The number of methoxy groups -OCH3 is 1. The van der Waals surface area contributed by atoms with Gasteiger partial charge in [-0.15, -0.1) is 24.2 Å². The third-order valence-electron chi connectivity index (χ3n) is 2.97. The summed E-state index contributed by atoms with van der Waals surface area (Å²) >= 11 is 1.92. The molecule has 0 amide bonds. The van der Waals surface area contributed by atoms with E-state index in [4.69, 9.17) is 10.5 Å². The summed E-state index contributed by atoms with van der Waals surface area (Å²) in [5.74, 6) is 2.55. The van der Waals surface area contributed by atoms with Crippen molar-refractivity contribution >= 4 is 30.1 Å². The molecule has 1 heterocycles. The van der Waals surface area contributed by atoms with Gasteiger partial charge in [0.1, 0.15) is 5.75 Å². The first kappa shape index (κ1) is 16.0. The first-order valence-corrected chi connectivity index (χ1v) is 6.99. The highest BCUT2D eigenvalue weighted by atomic mass is 35.5. The van der Waals surface area contributed by atoms with Gasteiger partial charge < -0.3 is 15.4 Å². The van der Waals surface area contributed by atoms with E-state index in [0.29, 0.717) is 11.2 Å². The monoisotopic (exact) mass is 301 g/mol. The van der Waals surface area contributed by atoms with Crippen molar-refractivity contribution in [1.82, 2.24) is 4.90 Å². The van der Waals surface area contributed by atoms with Crippen LogP contribution in [0.1, 0.15) is 5.56 Å². The standard InChI is InChI=1S/C13H19N3OS.ClH/c1-16-8-12(7-15-13(16)14)18-9-10-3-5-11(17-2)6-4-10;/h3-6,12H,7-9H2,1-2H3,(H2,14,15);1H. The van der Waals surface area contributed by atoms with Gasteiger partial charge in [0.2, 0.25) is 0 Å². The van der Waals surface area contributed by atoms with E-state index >= 15 is 0 Å². The van der Waals surface area contributed by atoms with E-state index in [1.54, 1.807) is 7.11 Å². The molecule has 1 aliphatic heterocycles. The molecule has 0 fully saturated rings. The van der Waals surface area contributed by atoms with Crippen molar-refractivity contribution in [2.24, 2.45) is 10.7 Å². The lowest BCUT2D eigenvalue weighted by Crippen LogP contribution is -2.43. The van der Waals surface area contributed by atoms with Crippen molar-refractivity contribution in [3.63, 3.8) is 0 Å². The minimum absolute atomic E-state index is 0. The first-order chi connectivity index (χ1) is 8.69. The number of nitrogens with zero attached hydrogens (tertiary/aromatic N) is 2. The van der Waals surface area contributed by atoms with Crippen molar-refractivity contribution in [1.29, 1.82) is 0 Å². The van der Waals surface area contributed by atoms with Crippen LogP contribution in [0.5, 0.6) is 5.75 Å². The highest BCUT2D eigenvalue weighted by Gasteiger charge is 2.18. The summed E-state index contributed by atoms with van der Waals surface area (Å²) in [4.78, 5) is 6.32. The zero-order valence-electron chi connectivity index (χ0n) is 11.2. The number of aliphatic imine (C=N–C) groups is 1. The van der Waals surface area contributed by atoms with Crippen LogP contribution in [0.3, 0.4) is 0 Å². The highest BCUT2D eigenvalue weighted by Crippen LogP contribution is 2.22. The molecule has 0 radical (unpaired) electrons. The van der Waals surface area contributed by atoms with Gasteiger partial charge in [0.15, 0.2) is 5.96 Å². The number of ether oxygens (including phenoxy) is 1. The van der Waals surface area contributed by atoms with Gasteiger partial charge in [-0.05, 0) is 17.7 Å². The molecular formula is C13H20ClN3OS. The first-order valence-electron chi connectivity index (χ1n) is 5.94. The van der Waals surface area contributed by atoms with E-state index in [-0.39, 0.29) is 12.4 Å². The number of nitrogens with two attached hydrogens (primary N) is 1. The quantitative estimate of drug-likeness (QED) is 0.924. The molecule has 1 aromatic rings. The number of hydrogen-bond acceptors (Lipinski definition) is 5. The van der Waals surface area contributed by atoms with Crippen molar-refractivity contribution in [2.75, 3.05) is 27.2 Å². The Bertz CT molecular complexity index is 424. The van der Waals surface area contributed by atoms with Crippen LogP contribution in [0.2, 0.25) is 0 Å². The second-order valence-corrected chi connectivity index (χ2v) is 5.65. The predicted octanol–water partition coefficient (Wildman–Crippen LogP) is 1.98. The maximum Gasteiger partial charge on any atom is 0.191 e. The second kappa shape index (κ2) is 7.50. The normalized spacial score (nSPS) is 18.5. The Labute approximate surface area is 124 Å². The van der Waals surface area contributed by atoms with Crippen LogP contribution < -0.4 is 10.5 Å². The Morgan fingerprint density at radius 3 is 2.68 bits per heavy atom. The molecule has 2 rings (SSSR count). The van der Waals surface area contributed by atoms with E-state index in [2.05, 4.69) is 17.1 Å². The number of hydrogen-bond donors (Lipinski definition) is 1. The molecule has 1 unspecified atom stereocenters. The number of rotatable bonds is 4. The summed E-state index contributed by atoms with van der Waals surface area (Å²) in [6, 6.07) is 8.21. The average molecular weight is 302 g/mol. The molecule has 0 bridgehead atoms. The molecule has 1 aliphatic rings. The molecular weight excluding hydrogens is 282 g/mol. The van der Waals surface area contributed by atoms with Gasteiger partial charge in [0.05, 0.1) is 13.7 Å². The van der Waals surface area contributed by atoms with Crippen molar-refractivity contribution in [3.8, 4) is 5.75 Å². The van der Waals surface area contributed by atoms with Crippen LogP contribution in [-0.2, 0) is 5.75 Å². The molecule has 106 valence electrons. The molecule has 1 atom stereocenters. The van der Waals surface area contributed by atoms with Gasteiger partial charge in [-0.2, -0.15) is 0 Å². The number of benzene rings is 1. The predicted molar refractivity (Wildman–Crippen MR) is 84.4 cm³/mol. The van der Waals surface area contributed by atoms with Gasteiger partial charge in [0, 0.05) is 24.6 Å². The Kier molecular flexibility index (Phi) is 6.31. The number of thioether (sulfide) groups is 1. The number of halogens is 1. The fraction of sp³-hybridized carbons (Fsp3) is 0.462. The zero-order chi connectivity index (χ0) is 13.0. The van der Waals surface area contributed by atoms with Gasteiger partial charge in [0.25, 0.3) is 0 Å². The van der Waals surface area contributed by atoms with Crippen molar-refractivity contribution < 1.29 is 4.74 Å². The van der Waals surface area contributed by atoms with Gasteiger partial charge in [-0.3, -0.25) is 4.99 Å². The lowest BCUT2D eigenvalue weighted by atomic mass is 10.2.